The molecule has 0 atom stereocenters. The van der Waals surface area contributed by atoms with Crippen molar-refractivity contribution < 1.29 is 36.2 Å². The van der Waals surface area contributed by atoms with Gasteiger partial charge in [0, 0.05) is 16.5 Å². The van der Waals surface area contributed by atoms with Crippen LogP contribution in [0.4, 0.5) is 0 Å². The summed E-state index contributed by atoms with van der Waals surface area (Å²) >= 11 is 21.7. The molecule has 0 aliphatic heterocycles. The Bertz CT molecular complexity index is 1210. The second-order valence-electron chi connectivity index (χ2n) is 8.48. The molecule has 0 fully saturated rings. The molecule has 4 aromatic rings. The molecule has 0 bridgehead atoms. The maximum Gasteiger partial charge on any atom is 0.118 e. The Morgan fingerprint density at radius 3 is 0.878 bits per heavy atom. The van der Waals surface area contributed by atoms with Crippen LogP contribution >= 0.6 is 0 Å². The largest absolute Gasteiger partial charge is 0.781 e. The molecule has 0 aliphatic carbocycles. The first-order valence-electron chi connectivity index (χ1n) is 12.2. The summed E-state index contributed by atoms with van der Waals surface area (Å²) in [7, 11) is 3.27. The predicted octanol–water partition coefficient (Wildman–Crippen LogP) is 6.21. The van der Waals surface area contributed by atoms with Gasteiger partial charge in [-0.25, -0.2) is 0 Å². The van der Waals surface area contributed by atoms with Crippen molar-refractivity contribution in [2.75, 3.05) is 14.2 Å². The molecule has 0 spiro atoms. The fourth-order valence-electron chi connectivity index (χ4n) is 3.53. The van der Waals surface area contributed by atoms with E-state index in [-0.39, 0.29) is 29.7 Å². The van der Waals surface area contributed by atoms with Crippen molar-refractivity contribution in [3.05, 3.63) is 130 Å². The van der Waals surface area contributed by atoms with E-state index < -0.39 is 0 Å². The summed E-state index contributed by atoms with van der Waals surface area (Å²) in [5, 5.41) is 18.0. The average Bonchev–Trinajstić information content (AvgIpc) is 3.03. The summed E-state index contributed by atoms with van der Waals surface area (Å²) in [5.41, 5.74) is 5.26. The van der Waals surface area contributed by atoms with Crippen molar-refractivity contribution in [3.8, 4) is 11.5 Å². The number of rotatable bonds is 8. The third-order valence-corrected chi connectivity index (χ3v) is 7.93. The molecule has 0 aromatic heterocycles. The molecule has 218 valence electrons. The van der Waals surface area contributed by atoms with Crippen LogP contribution in [0.1, 0.15) is 33.4 Å². The first-order valence-corrected chi connectivity index (χ1v) is 13.8. The van der Waals surface area contributed by atoms with Crippen LogP contribution in [0.3, 0.4) is 0 Å². The molecule has 4 nitrogen and oxygen atoms in total. The number of methoxy groups -OCH3 is 2. The number of aliphatic hydroxyl groups excluding tert-OH is 2. The van der Waals surface area contributed by atoms with Crippen LogP contribution in [-0.4, -0.2) is 24.4 Å². The molecule has 0 amide bonds. The molecule has 4 rings (SSSR count). The van der Waals surface area contributed by atoms with Crippen LogP contribution in [0.2, 0.25) is 0 Å². The Labute approximate surface area is 274 Å². The fraction of sp³-hybridized carbons (Fsp3) is 0.125. The van der Waals surface area contributed by atoms with Gasteiger partial charge >= 0.3 is 0 Å². The standard InChI is InChI=1S/2C16H16O2S2.Ni/c1-17-13-7-3-11(4-8-13)15(19)16(20)12-5-9-14(18-2)10-6-12;17-9-11-1-5-13(6-2-11)15(19)16(20)14-7-3-12(10-18)4-8-14;/h3-10,19-20H,1-2H3;1-8,17-20H,9-10H2;/p-4. The van der Waals surface area contributed by atoms with E-state index in [0.717, 1.165) is 44.9 Å². The van der Waals surface area contributed by atoms with Gasteiger partial charge in [0.2, 0.25) is 0 Å². The van der Waals surface area contributed by atoms with Gasteiger partial charge in [-0.2, -0.15) is 19.6 Å². The monoisotopic (exact) mass is 662 g/mol. The Morgan fingerprint density at radius 2 is 0.683 bits per heavy atom. The van der Waals surface area contributed by atoms with Crippen LogP contribution in [0.25, 0.3) is 19.6 Å². The van der Waals surface area contributed by atoms with Crippen LogP contribution in [0.5, 0.6) is 11.5 Å². The second kappa shape index (κ2) is 17.3. The Morgan fingerprint density at radius 1 is 0.463 bits per heavy atom. The Balaban J connectivity index is 0.000000280. The number of ether oxygens (including phenoxy) is 2. The normalized spacial score (nSPS) is 11.6. The molecule has 4 aromatic carbocycles. The first-order chi connectivity index (χ1) is 19.3. The SMILES string of the molecule is COc1ccc(C([S-])=C([S-])c2ccc(OC)cc2)cc1.OCc1ccc(C([S-])=C([S-])c2ccc(CO)cc2)cc1.[Ni]. The van der Waals surface area contributed by atoms with Gasteiger partial charge in [-0.3, -0.25) is 0 Å². The predicted molar refractivity (Wildman–Crippen MR) is 174 cm³/mol. The van der Waals surface area contributed by atoms with Crippen molar-refractivity contribution in [2.24, 2.45) is 0 Å². The van der Waals surface area contributed by atoms with E-state index in [4.69, 9.17) is 70.2 Å². The first kappa shape index (κ1) is 34.5. The molecule has 9 heteroatoms. The van der Waals surface area contributed by atoms with Crippen molar-refractivity contribution in [3.63, 3.8) is 0 Å². The van der Waals surface area contributed by atoms with E-state index in [0.29, 0.717) is 19.6 Å². The van der Waals surface area contributed by atoms with E-state index in [9.17, 15) is 0 Å². The number of hydrogen-bond acceptors (Lipinski definition) is 8. The summed E-state index contributed by atoms with van der Waals surface area (Å²) in [4.78, 5) is 2.54. The Kier molecular flexibility index (Phi) is 14.5. The molecule has 0 saturated heterocycles. The minimum absolute atomic E-state index is 0. The van der Waals surface area contributed by atoms with E-state index in [1.807, 2.05) is 97.1 Å². The molecule has 41 heavy (non-hydrogen) atoms. The van der Waals surface area contributed by atoms with Crippen molar-refractivity contribution in [1.29, 1.82) is 0 Å². The van der Waals surface area contributed by atoms with Crippen molar-refractivity contribution in [2.45, 2.75) is 13.2 Å². The minimum Gasteiger partial charge on any atom is -0.781 e. The maximum atomic E-state index is 9.02. The number of hydrogen-bond donors (Lipinski definition) is 2. The van der Waals surface area contributed by atoms with Gasteiger partial charge in [-0.05, 0) is 57.6 Å². The summed E-state index contributed by atoms with van der Waals surface area (Å²) in [5.74, 6) is 1.60. The third-order valence-electron chi connectivity index (χ3n) is 5.91. The van der Waals surface area contributed by atoms with Gasteiger partial charge in [-0.1, -0.05) is 72.8 Å². The summed E-state index contributed by atoms with van der Waals surface area (Å²) in [6.07, 6.45) is 0. The van der Waals surface area contributed by atoms with Crippen molar-refractivity contribution in [1.82, 2.24) is 0 Å². The zero-order valence-corrected chi connectivity index (χ0v) is 26.6. The third kappa shape index (κ3) is 9.65. The van der Waals surface area contributed by atoms with E-state index in [1.165, 1.54) is 0 Å². The molecular weight excluding hydrogens is 635 g/mol. The number of benzene rings is 4. The van der Waals surface area contributed by atoms with Gasteiger partial charge in [0.15, 0.2) is 0 Å². The molecule has 0 aliphatic rings. The van der Waals surface area contributed by atoms with Crippen LogP contribution in [0, 0.1) is 0 Å². The second-order valence-corrected chi connectivity index (χ2v) is 10.1. The molecule has 0 heterocycles. The molecule has 0 radical (unpaired) electrons. The molecule has 2 N–H and O–H groups in total. The molecule has 0 unspecified atom stereocenters. The van der Waals surface area contributed by atoms with Gasteiger partial charge in [0.05, 0.1) is 27.4 Å². The topological polar surface area (TPSA) is 58.9 Å². The van der Waals surface area contributed by atoms with E-state index in [2.05, 4.69) is 0 Å². The van der Waals surface area contributed by atoms with Gasteiger partial charge in [0.1, 0.15) is 11.5 Å². The molecular formula is C32H28NiO4S4-4. The van der Waals surface area contributed by atoms with Crippen molar-refractivity contribution >= 4 is 70.1 Å². The van der Waals surface area contributed by atoms with Crippen LogP contribution in [0.15, 0.2) is 97.1 Å². The van der Waals surface area contributed by atoms with E-state index >= 15 is 0 Å². The zero-order valence-electron chi connectivity index (χ0n) is 22.3. The smallest absolute Gasteiger partial charge is 0.118 e. The summed E-state index contributed by atoms with van der Waals surface area (Å²) in [6, 6.07) is 29.9. The molecule has 0 saturated carbocycles. The number of aliphatic hydroxyl groups is 2. The summed E-state index contributed by atoms with van der Waals surface area (Å²) in [6.45, 7) is 0.0280. The van der Waals surface area contributed by atoms with Crippen LogP contribution in [-0.2, 0) is 80.2 Å². The maximum absolute atomic E-state index is 9.02. The van der Waals surface area contributed by atoms with Gasteiger partial charge in [-0.15, -0.1) is 0 Å². The fourth-order valence-corrected chi connectivity index (χ4v) is 4.55. The van der Waals surface area contributed by atoms with Crippen LogP contribution < -0.4 is 9.47 Å². The summed E-state index contributed by atoms with van der Waals surface area (Å²) < 4.78 is 10.3. The zero-order chi connectivity index (χ0) is 29.1. The minimum atomic E-state index is 0. The Hall–Kier alpha value is -2.75. The van der Waals surface area contributed by atoms with Gasteiger partial charge < -0.3 is 70.2 Å². The van der Waals surface area contributed by atoms with E-state index in [1.54, 1.807) is 14.2 Å². The average molecular weight is 664 g/mol. The quantitative estimate of drug-likeness (QED) is 0.131. The van der Waals surface area contributed by atoms with Gasteiger partial charge in [0.25, 0.3) is 0 Å².